The summed E-state index contributed by atoms with van der Waals surface area (Å²) < 4.78 is -1.39. The van der Waals surface area contributed by atoms with Crippen molar-refractivity contribution in [2.45, 2.75) is 0 Å². The SMILES string of the molecule is [O-][N+](c1ccccc1)(c1ccccc1)c1ccc(Nc2ccc([N+]([O-])(c3ccccc3)c3ccccc3)cc2)cc1. The predicted molar refractivity (Wildman–Crippen MR) is 171 cm³/mol. The van der Waals surface area contributed by atoms with Crippen molar-refractivity contribution in [3.8, 4) is 0 Å². The first kappa shape index (κ1) is 26.2. The molecule has 0 heterocycles. The maximum absolute atomic E-state index is 14.4. The Balaban J connectivity index is 1.28. The zero-order valence-corrected chi connectivity index (χ0v) is 22.4. The molecule has 0 aliphatic rings. The Morgan fingerprint density at radius 2 is 0.512 bits per heavy atom. The third-order valence-corrected chi connectivity index (χ3v) is 7.23. The summed E-state index contributed by atoms with van der Waals surface area (Å²) in [6.07, 6.45) is 0. The highest BCUT2D eigenvalue weighted by molar-refractivity contribution is 5.75. The van der Waals surface area contributed by atoms with Gasteiger partial charge in [0.2, 0.25) is 0 Å². The van der Waals surface area contributed by atoms with Gasteiger partial charge in [-0.05, 0) is 24.3 Å². The van der Waals surface area contributed by atoms with Gasteiger partial charge in [-0.2, -0.15) is 0 Å². The summed E-state index contributed by atoms with van der Waals surface area (Å²) in [6, 6.07) is 52.6. The summed E-state index contributed by atoms with van der Waals surface area (Å²) in [5.74, 6) is 0. The molecular weight excluding hydrogens is 506 g/mol. The van der Waals surface area contributed by atoms with Crippen LogP contribution in [0.5, 0.6) is 0 Å². The minimum absolute atomic E-state index is 0.599. The van der Waals surface area contributed by atoms with Crippen LogP contribution in [0.1, 0.15) is 0 Å². The largest absolute Gasteiger partial charge is 0.616 e. The van der Waals surface area contributed by atoms with Crippen molar-refractivity contribution in [1.29, 1.82) is 0 Å². The fourth-order valence-electron chi connectivity index (χ4n) is 5.12. The molecular formula is C36H29N3O2. The maximum Gasteiger partial charge on any atom is 0.143 e. The molecule has 0 saturated heterocycles. The van der Waals surface area contributed by atoms with E-state index < -0.39 is 9.29 Å². The zero-order chi connectivity index (χ0) is 28.1. The van der Waals surface area contributed by atoms with E-state index in [1.165, 1.54) is 0 Å². The van der Waals surface area contributed by atoms with E-state index in [0.29, 0.717) is 34.1 Å². The van der Waals surface area contributed by atoms with E-state index in [0.717, 1.165) is 11.4 Å². The molecule has 0 bridgehead atoms. The Morgan fingerprint density at radius 3 is 0.756 bits per heavy atom. The molecule has 0 unspecified atom stereocenters. The minimum atomic E-state index is -0.695. The van der Waals surface area contributed by atoms with Gasteiger partial charge in [0.25, 0.3) is 0 Å². The molecule has 0 aliphatic heterocycles. The molecule has 6 aromatic carbocycles. The van der Waals surface area contributed by atoms with E-state index in [-0.39, 0.29) is 0 Å². The summed E-state index contributed by atoms with van der Waals surface area (Å²) in [5.41, 5.74) is 5.39. The van der Waals surface area contributed by atoms with Crippen LogP contribution in [0.25, 0.3) is 0 Å². The minimum Gasteiger partial charge on any atom is -0.616 e. The number of anilines is 2. The summed E-state index contributed by atoms with van der Waals surface area (Å²) in [7, 11) is 0. The molecule has 0 spiro atoms. The molecule has 6 rings (SSSR count). The van der Waals surface area contributed by atoms with E-state index in [2.05, 4.69) is 5.32 Å². The fourth-order valence-corrected chi connectivity index (χ4v) is 5.12. The summed E-state index contributed by atoms with van der Waals surface area (Å²) in [5, 5.41) is 32.3. The highest BCUT2D eigenvalue weighted by Crippen LogP contribution is 2.44. The molecule has 41 heavy (non-hydrogen) atoms. The van der Waals surface area contributed by atoms with E-state index in [1.54, 1.807) is 0 Å². The second-order valence-electron chi connectivity index (χ2n) is 9.78. The standard InChI is InChI=1S/C36H29N3O2/c40-38(31-13-5-1-6-14-31,32-15-7-2-8-16-32)35-25-21-29(22-26-35)37-30-23-27-36(28-24-30)39(41,33-17-9-3-10-18-33)34-19-11-4-12-20-34/h1-28,37H. The monoisotopic (exact) mass is 535 g/mol. The van der Waals surface area contributed by atoms with E-state index in [1.807, 2.05) is 170 Å². The van der Waals surface area contributed by atoms with Crippen LogP contribution in [0.3, 0.4) is 0 Å². The summed E-state index contributed by atoms with van der Waals surface area (Å²) in [4.78, 5) is 0. The number of quaternary nitrogens is 2. The maximum atomic E-state index is 14.4. The Morgan fingerprint density at radius 1 is 0.293 bits per heavy atom. The van der Waals surface area contributed by atoms with Crippen molar-refractivity contribution in [3.63, 3.8) is 0 Å². The molecule has 0 amide bonds. The Bertz CT molecular complexity index is 1480. The average molecular weight is 536 g/mol. The molecule has 0 aliphatic carbocycles. The number of rotatable bonds is 8. The van der Waals surface area contributed by atoms with Crippen LogP contribution in [-0.4, -0.2) is 0 Å². The van der Waals surface area contributed by atoms with Gasteiger partial charge in [0.1, 0.15) is 34.1 Å². The van der Waals surface area contributed by atoms with Gasteiger partial charge in [-0.1, -0.05) is 72.8 Å². The van der Waals surface area contributed by atoms with Gasteiger partial charge < -0.3 is 15.7 Å². The van der Waals surface area contributed by atoms with Gasteiger partial charge in [0.15, 0.2) is 0 Å². The lowest BCUT2D eigenvalue weighted by Crippen LogP contribution is -2.31. The Kier molecular flexibility index (Phi) is 7.17. The van der Waals surface area contributed by atoms with Crippen LogP contribution < -0.4 is 14.6 Å². The van der Waals surface area contributed by atoms with Gasteiger partial charge >= 0.3 is 0 Å². The second-order valence-corrected chi connectivity index (χ2v) is 9.78. The molecule has 0 radical (unpaired) electrons. The molecule has 6 aromatic rings. The average Bonchev–Trinajstić information content (AvgIpc) is 3.06. The van der Waals surface area contributed by atoms with Crippen LogP contribution in [0.2, 0.25) is 0 Å². The molecule has 0 fully saturated rings. The van der Waals surface area contributed by atoms with Crippen LogP contribution in [0, 0.1) is 10.4 Å². The van der Waals surface area contributed by atoms with Gasteiger partial charge in [-0.15, -0.1) is 0 Å². The van der Waals surface area contributed by atoms with Crippen molar-refractivity contribution >= 4 is 45.5 Å². The van der Waals surface area contributed by atoms with E-state index in [4.69, 9.17) is 0 Å². The van der Waals surface area contributed by atoms with Crippen molar-refractivity contribution in [2.24, 2.45) is 0 Å². The highest BCUT2D eigenvalue weighted by Gasteiger charge is 2.28. The molecule has 0 atom stereocenters. The lowest BCUT2D eigenvalue weighted by atomic mass is 10.1. The molecule has 1 N–H and O–H groups in total. The number of benzene rings is 6. The van der Waals surface area contributed by atoms with E-state index >= 15 is 0 Å². The normalized spacial score (nSPS) is 11.7. The molecule has 0 aromatic heterocycles. The molecule has 5 heteroatoms. The van der Waals surface area contributed by atoms with Crippen LogP contribution in [0.4, 0.5) is 45.5 Å². The number of nitrogens with one attached hydrogen (secondary N) is 1. The fraction of sp³-hybridized carbons (Fsp3) is 0. The Hall–Kier alpha value is -5.04. The smallest absolute Gasteiger partial charge is 0.143 e. The van der Waals surface area contributed by atoms with Crippen LogP contribution in [0.15, 0.2) is 170 Å². The lowest BCUT2D eigenvalue weighted by molar-refractivity contribution is 0.693. The van der Waals surface area contributed by atoms with E-state index in [9.17, 15) is 10.4 Å². The van der Waals surface area contributed by atoms with Gasteiger partial charge in [-0.3, -0.25) is 9.29 Å². The van der Waals surface area contributed by atoms with Crippen molar-refractivity contribution in [2.75, 3.05) is 5.32 Å². The number of hydrogen-bond acceptors (Lipinski definition) is 3. The summed E-state index contributed by atoms with van der Waals surface area (Å²) >= 11 is 0. The first-order valence-electron chi connectivity index (χ1n) is 13.5. The second kappa shape index (κ2) is 11.2. The third-order valence-electron chi connectivity index (χ3n) is 7.23. The van der Waals surface area contributed by atoms with Gasteiger partial charge in [0.05, 0.1) is 0 Å². The van der Waals surface area contributed by atoms with Crippen molar-refractivity contribution in [1.82, 2.24) is 9.29 Å². The van der Waals surface area contributed by atoms with Crippen molar-refractivity contribution < 1.29 is 0 Å². The number of para-hydroxylation sites is 4. The van der Waals surface area contributed by atoms with Crippen molar-refractivity contribution in [3.05, 3.63) is 180 Å². The quantitative estimate of drug-likeness (QED) is 0.156. The predicted octanol–water partition coefficient (Wildman–Crippen LogP) is 10.4. The number of hydrogen-bond donors (Lipinski definition) is 1. The zero-order valence-electron chi connectivity index (χ0n) is 22.4. The van der Waals surface area contributed by atoms with Gasteiger partial charge in [-0.25, -0.2) is 0 Å². The molecule has 200 valence electrons. The molecule has 0 saturated carbocycles. The van der Waals surface area contributed by atoms with Crippen LogP contribution in [-0.2, 0) is 0 Å². The van der Waals surface area contributed by atoms with Crippen LogP contribution >= 0.6 is 0 Å². The lowest BCUT2D eigenvalue weighted by Gasteiger charge is -2.41. The topological polar surface area (TPSA) is 58.1 Å². The third kappa shape index (κ3) is 5.02. The first-order chi connectivity index (χ1) is 20.1. The molecule has 5 nitrogen and oxygen atoms in total. The highest BCUT2D eigenvalue weighted by atomic mass is 16.6. The first-order valence-corrected chi connectivity index (χ1v) is 13.5. The Labute approximate surface area is 240 Å². The summed E-state index contributed by atoms with van der Waals surface area (Å²) in [6.45, 7) is 0. The van der Waals surface area contributed by atoms with Gasteiger partial charge in [0, 0.05) is 84.2 Å². The number of nitrogens with zero attached hydrogens (tertiary/aromatic N) is 2.